The van der Waals surface area contributed by atoms with Gasteiger partial charge in [0.2, 0.25) is 0 Å². The zero-order valence-electron chi connectivity index (χ0n) is 14.5. The van der Waals surface area contributed by atoms with Crippen molar-refractivity contribution < 1.29 is 9.32 Å². The van der Waals surface area contributed by atoms with Gasteiger partial charge in [-0.25, -0.2) is 9.48 Å². The lowest BCUT2D eigenvalue weighted by molar-refractivity contribution is 0.251. The van der Waals surface area contributed by atoms with Gasteiger partial charge in [0.25, 0.3) is 5.89 Å². The summed E-state index contributed by atoms with van der Waals surface area (Å²) >= 11 is 3.40. The second-order valence-electron chi connectivity index (χ2n) is 5.84. The van der Waals surface area contributed by atoms with Crippen LogP contribution in [-0.2, 0) is 6.54 Å². The first kappa shape index (κ1) is 17.9. The molecule has 0 saturated heterocycles. The summed E-state index contributed by atoms with van der Waals surface area (Å²) in [6.07, 6.45) is 3.31. The summed E-state index contributed by atoms with van der Waals surface area (Å²) in [4.78, 5) is 16.4. The second-order valence-corrected chi connectivity index (χ2v) is 6.76. The van der Waals surface area contributed by atoms with Crippen molar-refractivity contribution in [2.24, 2.45) is 0 Å². The molecule has 0 spiro atoms. The van der Waals surface area contributed by atoms with E-state index in [0.29, 0.717) is 17.4 Å². The number of anilines is 1. The molecule has 0 atom stereocenters. The Morgan fingerprint density at radius 2 is 2.00 bits per heavy atom. The molecule has 0 bridgehead atoms. The largest absolute Gasteiger partial charge is 0.334 e. The highest BCUT2D eigenvalue weighted by atomic mass is 79.9. The normalized spacial score (nSPS) is 10.6. The number of nitrogens with one attached hydrogen (secondary N) is 2. The number of nitrogens with zero attached hydrogens (tertiary/aromatic N) is 4. The number of para-hydroxylation sites is 1. The molecule has 0 unspecified atom stereocenters. The molecule has 9 heteroatoms. The minimum Gasteiger partial charge on any atom is -0.334 e. The Labute approximate surface area is 168 Å². The average Bonchev–Trinajstić information content (AvgIpc) is 3.37. The Morgan fingerprint density at radius 1 is 1.14 bits per heavy atom. The predicted octanol–water partition coefficient (Wildman–Crippen LogP) is 4.01. The predicted molar refractivity (Wildman–Crippen MR) is 107 cm³/mol. The van der Waals surface area contributed by atoms with Crippen molar-refractivity contribution in [3.8, 4) is 17.1 Å². The van der Waals surface area contributed by atoms with Crippen LogP contribution in [0.15, 0.2) is 76.0 Å². The molecule has 0 fully saturated rings. The molecule has 2 aromatic carbocycles. The molecule has 140 valence electrons. The lowest BCUT2D eigenvalue weighted by atomic mass is 10.2. The number of benzene rings is 2. The van der Waals surface area contributed by atoms with Crippen molar-refractivity contribution in [2.45, 2.75) is 6.54 Å². The fourth-order valence-corrected chi connectivity index (χ4v) is 2.91. The van der Waals surface area contributed by atoms with Crippen LogP contribution in [0.3, 0.4) is 0 Å². The first-order valence-corrected chi connectivity index (χ1v) is 9.20. The third kappa shape index (κ3) is 4.26. The van der Waals surface area contributed by atoms with Gasteiger partial charge in [-0.15, -0.1) is 0 Å². The van der Waals surface area contributed by atoms with E-state index in [1.165, 1.54) is 0 Å². The highest BCUT2D eigenvalue weighted by molar-refractivity contribution is 9.10. The summed E-state index contributed by atoms with van der Waals surface area (Å²) in [5, 5.41) is 13.5. The number of amides is 2. The summed E-state index contributed by atoms with van der Waals surface area (Å²) in [5.41, 5.74) is 2.28. The molecule has 0 aliphatic rings. The number of hydrogen-bond acceptors (Lipinski definition) is 5. The van der Waals surface area contributed by atoms with Crippen molar-refractivity contribution >= 4 is 27.6 Å². The Balaban J connectivity index is 1.33. The van der Waals surface area contributed by atoms with E-state index in [-0.39, 0.29) is 12.6 Å². The lowest BCUT2D eigenvalue weighted by Gasteiger charge is -2.03. The molecule has 2 heterocycles. The number of halogens is 1. The Morgan fingerprint density at radius 3 is 2.82 bits per heavy atom. The van der Waals surface area contributed by atoms with Crippen LogP contribution in [0.5, 0.6) is 0 Å². The maximum absolute atomic E-state index is 12.1. The molecule has 4 aromatic rings. The third-order valence-corrected chi connectivity index (χ3v) is 4.30. The van der Waals surface area contributed by atoms with E-state index in [0.717, 1.165) is 15.7 Å². The highest BCUT2D eigenvalue weighted by Gasteiger charge is 2.11. The summed E-state index contributed by atoms with van der Waals surface area (Å²) in [7, 11) is 0. The van der Waals surface area contributed by atoms with Gasteiger partial charge in [-0.1, -0.05) is 45.4 Å². The van der Waals surface area contributed by atoms with Crippen molar-refractivity contribution in [3.05, 3.63) is 77.3 Å². The summed E-state index contributed by atoms with van der Waals surface area (Å²) in [6, 6.07) is 16.8. The standard InChI is InChI=1S/C19H15BrN6O2/c20-14-6-4-5-13(9-14)18-24-17(25-28-18)11-21-19(27)23-15-10-22-26(12-15)16-7-2-1-3-8-16/h1-10,12H,11H2,(H2,21,23,27). The van der Waals surface area contributed by atoms with E-state index in [2.05, 4.69) is 41.8 Å². The molecule has 2 aromatic heterocycles. The van der Waals surface area contributed by atoms with Gasteiger partial charge in [-0.05, 0) is 30.3 Å². The van der Waals surface area contributed by atoms with Crippen LogP contribution in [0.1, 0.15) is 5.82 Å². The quantitative estimate of drug-likeness (QED) is 0.490. The highest BCUT2D eigenvalue weighted by Crippen LogP contribution is 2.21. The van der Waals surface area contributed by atoms with Crippen LogP contribution < -0.4 is 10.6 Å². The first-order chi connectivity index (χ1) is 13.7. The minimum atomic E-state index is -0.388. The number of hydrogen-bond donors (Lipinski definition) is 2. The average molecular weight is 439 g/mol. The third-order valence-electron chi connectivity index (χ3n) is 3.81. The topological polar surface area (TPSA) is 97.9 Å². The van der Waals surface area contributed by atoms with Crippen LogP contribution in [0.25, 0.3) is 17.1 Å². The van der Waals surface area contributed by atoms with Crippen LogP contribution in [-0.4, -0.2) is 26.0 Å². The van der Waals surface area contributed by atoms with E-state index < -0.39 is 0 Å². The number of aromatic nitrogens is 4. The molecule has 0 aliphatic heterocycles. The van der Waals surface area contributed by atoms with Crippen LogP contribution in [0.2, 0.25) is 0 Å². The fourth-order valence-electron chi connectivity index (χ4n) is 2.51. The van der Waals surface area contributed by atoms with Gasteiger partial charge in [0.1, 0.15) is 0 Å². The molecule has 8 nitrogen and oxygen atoms in total. The van der Waals surface area contributed by atoms with Crippen molar-refractivity contribution in [1.29, 1.82) is 0 Å². The molecule has 0 radical (unpaired) electrons. The first-order valence-electron chi connectivity index (χ1n) is 8.41. The number of rotatable bonds is 5. The Hall–Kier alpha value is -3.46. The maximum atomic E-state index is 12.1. The summed E-state index contributed by atoms with van der Waals surface area (Å²) in [5.74, 6) is 0.771. The van der Waals surface area contributed by atoms with Gasteiger partial charge < -0.3 is 15.2 Å². The van der Waals surface area contributed by atoms with Crippen LogP contribution >= 0.6 is 15.9 Å². The van der Waals surface area contributed by atoms with Crippen LogP contribution in [0.4, 0.5) is 10.5 Å². The van der Waals surface area contributed by atoms with Gasteiger partial charge in [-0.2, -0.15) is 10.1 Å². The number of carbonyl (C=O) groups is 1. The second kappa shape index (κ2) is 8.05. The zero-order valence-corrected chi connectivity index (χ0v) is 16.1. The molecule has 28 heavy (non-hydrogen) atoms. The minimum absolute atomic E-state index is 0.135. The lowest BCUT2D eigenvalue weighted by Crippen LogP contribution is -2.28. The van der Waals surface area contributed by atoms with Crippen molar-refractivity contribution in [2.75, 3.05) is 5.32 Å². The number of carbonyl (C=O) groups excluding carboxylic acids is 1. The van der Waals surface area contributed by atoms with Gasteiger partial charge >= 0.3 is 6.03 Å². The number of urea groups is 1. The SMILES string of the molecule is O=C(NCc1noc(-c2cccc(Br)c2)n1)Nc1cnn(-c2ccccc2)c1. The Kier molecular flexibility index (Phi) is 5.16. The van der Waals surface area contributed by atoms with E-state index >= 15 is 0 Å². The van der Waals surface area contributed by atoms with E-state index in [9.17, 15) is 4.79 Å². The maximum Gasteiger partial charge on any atom is 0.319 e. The fraction of sp³-hybridized carbons (Fsp3) is 0.0526. The van der Waals surface area contributed by atoms with Gasteiger partial charge in [0.15, 0.2) is 5.82 Å². The molecule has 2 N–H and O–H groups in total. The van der Waals surface area contributed by atoms with E-state index in [1.54, 1.807) is 17.1 Å². The van der Waals surface area contributed by atoms with Gasteiger partial charge in [-0.3, -0.25) is 0 Å². The molecule has 4 rings (SSSR count). The van der Waals surface area contributed by atoms with E-state index in [4.69, 9.17) is 4.52 Å². The summed E-state index contributed by atoms with van der Waals surface area (Å²) in [6.45, 7) is 0.135. The van der Waals surface area contributed by atoms with Crippen molar-refractivity contribution in [3.63, 3.8) is 0 Å². The molecular weight excluding hydrogens is 424 g/mol. The zero-order chi connectivity index (χ0) is 19.3. The molecule has 2 amide bonds. The monoisotopic (exact) mass is 438 g/mol. The molecular formula is C19H15BrN6O2. The Bertz CT molecular complexity index is 1090. The molecule has 0 aliphatic carbocycles. The van der Waals surface area contributed by atoms with Crippen LogP contribution in [0, 0.1) is 0 Å². The molecule has 0 saturated carbocycles. The smallest absolute Gasteiger partial charge is 0.319 e. The van der Waals surface area contributed by atoms with Gasteiger partial charge in [0, 0.05) is 10.0 Å². The van der Waals surface area contributed by atoms with E-state index in [1.807, 2.05) is 54.6 Å². The summed E-state index contributed by atoms with van der Waals surface area (Å²) < 4.78 is 7.84. The van der Waals surface area contributed by atoms with Crippen molar-refractivity contribution in [1.82, 2.24) is 25.2 Å². The van der Waals surface area contributed by atoms with Gasteiger partial charge in [0.05, 0.1) is 30.3 Å².